The molecule has 1 aromatic carbocycles. The Labute approximate surface area is 104 Å². The van der Waals surface area contributed by atoms with E-state index in [0.717, 1.165) is 5.75 Å². The second kappa shape index (κ2) is 5.25. The normalized spacial score (nSPS) is 10.8. The summed E-state index contributed by atoms with van der Waals surface area (Å²) in [7, 11) is 0. The van der Waals surface area contributed by atoms with E-state index in [0.29, 0.717) is 16.1 Å². The Morgan fingerprint density at radius 1 is 1.35 bits per heavy atom. The maximum absolute atomic E-state index is 8.89. The van der Waals surface area contributed by atoms with Gasteiger partial charge in [0.05, 0.1) is 6.61 Å². The van der Waals surface area contributed by atoms with Crippen molar-refractivity contribution in [1.82, 2.24) is 10.2 Å². The van der Waals surface area contributed by atoms with Gasteiger partial charge in [-0.25, -0.2) is 0 Å². The minimum atomic E-state index is -0.104. The number of benzene rings is 1. The van der Waals surface area contributed by atoms with Crippen molar-refractivity contribution >= 4 is 11.3 Å². The summed E-state index contributed by atoms with van der Waals surface area (Å²) in [6.07, 6.45) is 0. The first-order chi connectivity index (χ1) is 8.19. The largest absolute Gasteiger partial charge is 0.430 e. The Morgan fingerprint density at radius 3 is 2.82 bits per heavy atom. The SMILES string of the molecule is CC(C)c1cccc(Oc2nnc(CO)s2)c1. The molecule has 0 spiro atoms. The van der Waals surface area contributed by atoms with Crippen molar-refractivity contribution in [2.45, 2.75) is 26.4 Å². The van der Waals surface area contributed by atoms with Crippen molar-refractivity contribution in [3.63, 3.8) is 0 Å². The molecule has 2 rings (SSSR count). The van der Waals surface area contributed by atoms with E-state index >= 15 is 0 Å². The number of rotatable bonds is 4. The first kappa shape index (κ1) is 12.0. The van der Waals surface area contributed by atoms with Crippen LogP contribution in [0.15, 0.2) is 24.3 Å². The number of aromatic nitrogens is 2. The van der Waals surface area contributed by atoms with E-state index in [1.165, 1.54) is 16.9 Å². The average molecular weight is 250 g/mol. The fraction of sp³-hybridized carbons (Fsp3) is 0.333. The molecule has 0 amide bonds. The van der Waals surface area contributed by atoms with Crippen LogP contribution in [0.5, 0.6) is 10.9 Å². The van der Waals surface area contributed by atoms with Gasteiger partial charge in [0.25, 0.3) is 5.19 Å². The summed E-state index contributed by atoms with van der Waals surface area (Å²) in [5.74, 6) is 1.21. The molecule has 5 heteroatoms. The Hall–Kier alpha value is -1.46. The Morgan fingerprint density at radius 2 is 2.18 bits per heavy atom. The van der Waals surface area contributed by atoms with Crippen LogP contribution in [0.1, 0.15) is 30.3 Å². The van der Waals surface area contributed by atoms with Crippen molar-refractivity contribution in [3.8, 4) is 10.9 Å². The summed E-state index contributed by atoms with van der Waals surface area (Å²) in [5.41, 5.74) is 1.22. The van der Waals surface area contributed by atoms with Crippen LogP contribution in [0.25, 0.3) is 0 Å². The monoisotopic (exact) mass is 250 g/mol. The number of aliphatic hydroxyl groups excluding tert-OH is 1. The molecule has 0 saturated heterocycles. The second-order valence-corrected chi connectivity index (χ2v) is 4.97. The second-order valence-electron chi connectivity index (χ2n) is 3.95. The molecule has 2 aromatic rings. The van der Waals surface area contributed by atoms with Crippen molar-refractivity contribution in [3.05, 3.63) is 34.8 Å². The Bertz CT molecular complexity index is 497. The molecule has 0 aliphatic rings. The molecule has 17 heavy (non-hydrogen) atoms. The zero-order valence-electron chi connectivity index (χ0n) is 9.75. The first-order valence-electron chi connectivity index (χ1n) is 5.40. The smallest absolute Gasteiger partial charge is 0.299 e. The van der Waals surface area contributed by atoms with Crippen LogP contribution in [-0.2, 0) is 6.61 Å². The van der Waals surface area contributed by atoms with E-state index in [9.17, 15) is 0 Å². The molecule has 0 unspecified atom stereocenters. The number of nitrogens with zero attached hydrogens (tertiary/aromatic N) is 2. The maximum atomic E-state index is 8.89. The van der Waals surface area contributed by atoms with Gasteiger partial charge in [-0.3, -0.25) is 0 Å². The van der Waals surface area contributed by atoms with Crippen LogP contribution in [-0.4, -0.2) is 15.3 Å². The van der Waals surface area contributed by atoms with Gasteiger partial charge < -0.3 is 9.84 Å². The van der Waals surface area contributed by atoms with Crippen LogP contribution in [0, 0.1) is 0 Å². The third-order valence-electron chi connectivity index (χ3n) is 2.31. The van der Waals surface area contributed by atoms with E-state index in [1.807, 2.05) is 18.2 Å². The lowest BCUT2D eigenvalue weighted by molar-refractivity contribution is 0.280. The molecule has 0 radical (unpaired) electrons. The highest BCUT2D eigenvalue weighted by Crippen LogP contribution is 2.27. The summed E-state index contributed by atoms with van der Waals surface area (Å²) < 4.78 is 5.59. The van der Waals surface area contributed by atoms with Gasteiger partial charge in [0.15, 0.2) is 0 Å². The Kier molecular flexibility index (Phi) is 3.71. The van der Waals surface area contributed by atoms with Gasteiger partial charge in [0.1, 0.15) is 10.8 Å². The number of hydrogen-bond acceptors (Lipinski definition) is 5. The third-order valence-corrected chi connectivity index (χ3v) is 3.10. The number of ether oxygens (including phenoxy) is 1. The molecule has 4 nitrogen and oxygen atoms in total. The molecule has 1 N–H and O–H groups in total. The minimum absolute atomic E-state index is 0.104. The molecule has 1 heterocycles. The van der Waals surface area contributed by atoms with Crippen molar-refractivity contribution < 1.29 is 9.84 Å². The zero-order chi connectivity index (χ0) is 12.3. The van der Waals surface area contributed by atoms with Crippen molar-refractivity contribution in [1.29, 1.82) is 0 Å². The highest BCUT2D eigenvalue weighted by molar-refractivity contribution is 7.13. The van der Waals surface area contributed by atoms with Crippen LogP contribution < -0.4 is 4.74 Å². The zero-order valence-corrected chi connectivity index (χ0v) is 10.6. The molecular weight excluding hydrogens is 236 g/mol. The molecule has 0 fully saturated rings. The molecule has 0 aliphatic carbocycles. The van der Waals surface area contributed by atoms with Crippen molar-refractivity contribution in [2.24, 2.45) is 0 Å². The predicted octanol–water partition coefficient (Wildman–Crippen LogP) is 2.95. The third kappa shape index (κ3) is 3.01. The first-order valence-corrected chi connectivity index (χ1v) is 6.21. The quantitative estimate of drug-likeness (QED) is 0.906. The molecule has 90 valence electrons. The molecule has 0 bridgehead atoms. The standard InChI is InChI=1S/C12H14N2O2S/c1-8(2)9-4-3-5-10(6-9)16-12-14-13-11(7-15)17-12/h3-6,8,15H,7H2,1-2H3. The lowest BCUT2D eigenvalue weighted by atomic mass is 10.0. The molecule has 0 aliphatic heterocycles. The molecule has 0 atom stereocenters. The summed E-state index contributed by atoms with van der Waals surface area (Å²) in [4.78, 5) is 0. The van der Waals surface area contributed by atoms with Gasteiger partial charge in [0, 0.05) is 0 Å². The fourth-order valence-electron chi connectivity index (χ4n) is 1.38. The molecular formula is C12H14N2O2S. The number of aliphatic hydroxyl groups is 1. The van der Waals surface area contributed by atoms with Gasteiger partial charge in [-0.1, -0.05) is 42.4 Å². The van der Waals surface area contributed by atoms with Crippen LogP contribution in [0.3, 0.4) is 0 Å². The maximum Gasteiger partial charge on any atom is 0.299 e. The van der Waals surface area contributed by atoms with E-state index in [1.54, 1.807) is 0 Å². The van der Waals surface area contributed by atoms with Crippen LogP contribution >= 0.6 is 11.3 Å². The molecule has 0 saturated carbocycles. The minimum Gasteiger partial charge on any atom is -0.430 e. The summed E-state index contributed by atoms with van der Waals surface area (Å²) in [5, 5.41) is 17.5. The van der Waals surface area contributed by atoms with Gasteiger partial charge in [-0.15, -0.1) is 5.10 Å². The van der Waals surface area contributed by atoms with Gasteiger partial charge >= 0.3 is 0 Å². The van der Waals surface area contributed by atoms with E-state index in [4.69, 9.17) is 9.84 Å². The Balaban J connectivity index is 2.15. The van der Waals surface area contributed by atoms with Crippen LogP contribution in [0.4, 0.5) is 0 Å². The van der Waals surface area contributed by atoms with Gasteiger partial charge in [-0.05, 0) is 23.6 Å². The predicted molar refractivity (Wildman–Crippen MR) is 66.4 cm³/mol. The lowest BCUT2D eigenvalue weighted by Crippen LogP contribution is -1.89. The fourth-order valence-corrected chi connectivity index (χ4v) is 1.95. The topological polar surface area (TPSA) is 55.2 Å². The average Bonchev–Trinajstić information content (AvgIpc) is 2.77. The lowest BCUT2D eigenvalue weighted by Gasteiger charge is -2.07. The summed E-state index contributed by atoms with van der Waals surface area (Å²) in [6.45, 7) is 4.16. The summed E-state index contributed by atoms with van der Waals surface area (Å²) >= 11 is 1.25. The number of hydrogen-bond donors (Lipinski definition) is 1. The highest BCUT2D eigenvalue weighted by Gasteiger charge is 2.06. The van der Waals surface area contributed by atoms with Gasteiger partial charge in [-0.2, -0.15) is 0 Å². The molecule has 1 aromatic heterocycles. The van der Waals surface area contributed by atoms with E-state index < -0.39 is 0 Å². The van der Waals surface area contributed by atoms with Gasteiger partial charge in [0.2, 0.25) is 0 Å². The highest BCUT2D eigenvalue weighted by atomic mass is 32.1. The van der Waals surface area contributed by atoms with E-state index in [-0.39, 0.29) is 6.61 Å². The van der Waals surface area contributed by atoms with E-state index in [2.05, 4.69) is 30.1 Å². The van der Waals surface area contributed by atoms with Crippen molar-refractivity contribution in [2.75, 3.05) is 0 Å². The summed E-state index contributed by atoms with van der Waals surface area (Å²) in [6, 6.07) is 7.89. The van der Waals surface area contributed by atoms with Crippen LogP contribution in [0.2, 0.25) is 0 Å².